The van der Waals surface area contributed by atoms with Gasteiger partial charge in [0.05, 0.1) is 23.6 Å². The van der Waals surface area contributed by atoms with E-state index in [1.807, 2.05) is 6.07 Å². The van der Waals surface area contributed by atoms with Crippen molar-refractivity contribution in [2.45, 2.75) is 6.54 Å². The fraction of sp³-hybridized carbons (Fsp3) is 0.188. The van der Waals surface area contributed by atoms with Gasteiger partial charge in [0, 0.05) is 17.6 Å². The number of hydrogen-bond acceptors (Lipinski definition) is 5. The minimum absolute atomic E-state index is 0.245. The molecular weight excluding hydrogens is 336 g/mol. The van der Waals surface area contributed by atoms with E-state index in [-0.39, 0.29) is 11.6 Å². The minimum atomic E-state index is -0.493. The van der Waals surface area contributed by atoms with Crippen LogP contribution in [0.1, 0.15) is 25.7 Å². The third-order valence-corrected chi connectivity index (χ3v) is 4.23. The highest BCUT2D eigenvalue weighted by Crippen LogP contribution is 2.23. The van der Waals surface area contributed by atoms with Crippen LogP contribution in [-0.2, 0) is 11.3 Å². The van der Waals surface area contributed by atoms with Crippen molar-refractivity contribution in [3.63, 3.8) is 0 Å². The molecule has 0 aliphatic rings. The molecule has 2 heterocycles. The predicted molar refractivity (Wildman–Crippen MR) is 89.8 cm³/mol. The highest BCUT2D eigenvalue weighted by atomic mass is 35.5. The van der Waals surface area contributed by atoms with Gasteiger partial charge in [0.25, 0.3) is 5.91 Å². The molecule has 7 heteroatoms. The first kappa shape index (κ1) is 17.2. The molecule has 5 nitrogen and oxygen atoms in total. The Bertz CT molecular complexity index is 712. The van der Waals surface area contributed by atoms with Crippen molar-refractivity contribution in [1.29, 1.82) is 0 Å². The Labute approximate surface area is 143 Å². The second-order valence-electron chi connectivity index (χ2n) is 4.60. The molecule has 0 unspecified atom stereocenters. The van der Waals surface area contributed by atoms with Crippen molar-refractivity contribution >= 4 is 34.8 Å². The smallest absolute Gasteiger partial charge is 0.339 e. The zero-order valence-electron chi connectivity index (χ0n) is 12.5. The molecule has 0 aliphatic heterocycles. The number of halogens is 1. The third kappa shape index (κ3) is 4.40. The average Bonchev–Trinajstić information content (AvgIpc) is 2.98. The van der Waals surface area contributed by atoms with Gasteiger partial charge in [0.1, 0.15) is 5.69 Å². The molecule has 0 fully saturated rings. The Balaban J connectivity index is 2.16. The van der Waals surface area contributed by atoms with E-state index in [9.17, 15) is 9.59 Å². The Morgan fingerprint density at radius 3 is 2.70 bits per heavy atom. The number of carbonyl (C=O) groups excluding carboxylic acids is 2. The Morgan fingerprint density at radius 1 is 1.39 bits per heavy atom. The maximum Gasteiger partial charge on any atom is 0.339 e. The Kier molecular flexibility index (Phi) is 5.90. The lowest BCUT2D eigenvalue weighted by Gasteiger charge is -2.20. The average molecular weight is 351 g/mol. The molecule has 0 saturated carbocycles. The number of ether oxygens (including phenoxy) is 1. The first-order chi connectivity index (χ1) is 11.0. The molecule has 1 amide bonds. The maximum absolute atomic E-state index is 12.6. The van der Waals surface area contributed by atoms with Gasteiger partial charge in [-0.1, -0.05) is 17.7 Å². The summed E-state index contributed by atoms with van der Waals surface area (Å²) < 4.78 is 5.28. The summed E-state index contributed by atoms with van der Waals surface area (Å²) in [5, 5.41) is 0. The molecule has 2 rings (SSSR count). The van der Waals surface area contributed by atoms with Crippen molar-refractivity contribution in [2.24, 2.45) is 0 Å². The highest BCUT2D eigenvalue weighted by Gasteiger charge is 2.18. The van der Waals surface area contributed by atoms with Gasteiger partial charge >= 0.3 is 5.97 Å². The zero-order valence-corrected chi connectivity index (χ0v) is 14.1. The van der Waals surface area contributed by atoms with Crippen molar-refractivity contribution in [3.8, 4) is 0 Å². The van der Waals surface area contributed by atoms with E-state index < -0.39 is 5.97 Å². The van der Waals surface area contributed by atoms with E-state index in [0.717, 1.165) is 4.88 Å². The summed E-state index contributed by atoms with van der Waals surface area (Å²) in [5.74, 6) is -0.737. The first-order valence-corrected chi connectivity index (χ1v) is 7.93. The molecule has 2 aromatic heterocycles. The summed E-state index contributed by atoms with van der Waals surface area (Å²) in [4.78, 5) is 30.6. The van der Waals surface area contributed by atoms with Crippen LogP contribution in [0.15, 0.2) is 43.1 Å². The molecule has 0 bridgehead atoms. The van der Waals surface area contributed by atoms with Crippen LogP contribution >= 0.6 is 22.9 Å². The quantitative estimate of drug-likeness (QED) is 0.591. The SMILES string of the molecule is C=CCN(Cc1ccc(Cl)s1)C(=O)c1ccc(C(=O)OC)cn1. The van der Waals surface area contributed by atoms with Crippen LogP contribution in [0.4, 0.5) is 0 Å². The van der Waals surface area contributed by atoms with Gasteiger partial charge in [-0.2, -0.15) is 0 Å². The summed E-state index contributed by atoms with van der Waals surface area (Å²) in [6, 6.07) is 6.69. The van der Waals surface area contributed by atoms with Crippen molar-refractivity contribution < 1.29 is 14.3 Å². The number of aromatic nitrogens is 1. The lowest BCUT2D eigenvalue weighted by atomic mass is 10.2. The topological polar surface area (TPSA) is 59.5 Å². The van der Waals surface area contributed by atoms with Gasteiger partial charge in [0.15, 0.2) is 0 Å². The van der Waals surface area contributed by atoms with Crippen LogP contribution in [0.3, 0.4) is 0 Å². The molecule has 0 N–H and O–H groups in total. The van der Waals surface area contributed by atoms with E-state index >= 15 is 0 Å². The number of pyridine rings is 1. The second-order valence-corrected chi connectivity index (χ2v) is 6.40. The summed E-state index contributed by atoms with van der Waals surface area (Å²) in [6.45, 7) is 4.48. The van der Waals surface area contributed by atoms with Gasteiger partial charge in [-0.05, 0) is 24.3 Å². The fourth-order valence-electron chi connectivity index (χ4n) is 1.92. The number of amides is 1. The molecule has 120 valence electrons. The Morgan fingerprint density at radius 2 is 2.17 bits per heavy atom. The van der Waals surface area contributed by atoms with Crippen molar-refractivity contribution in [2.75, 3.05) is 13.7 Å². The molecule has 0 atom stereocenters. The van der Waals surface area contributed by atoms with Gasteiger partial charge in [0.2, 0.25) is 0 Å². The number of esters is 1. The number of rotatable bonds is 6. The second kappa shape index (κ2) is 7.89. The number of carbonyl (C=O) groups is 2. The molecule has 23 heavy (non-hydrogen) atoms. The number of nitrogens with zero attached hydrogens (tertiary/aromatic N) is 2. The van der Waals surface area contributed by atoms with E-state index in [0.29, 0.717) is 23.0 Å². The monoisotopic (exact) mass is 350 g/mol. The van der Waals surface area contributed by atoms with Gasteiger partial charge in [-0.25, -0.2) is 4.79 Å². The zero-order chi connectivity index (χ0) is 16.8. The molecule has 0 spiro atoms. The lowest BCUT2D eigenvalue weighted by Crippen LogP contribution is -2.31. The number of hydrogen-bond donors (Lipinski definition) is 0. The minimum Gasteiger partial charge on any atom is -0.465 e. The van der Waals surface area contributed by atoms with Crippen molar-refractivity contribution in [1.82, 2.24) is 9.88 Å². The van der Waals surface area contributed by atoms with Crippen LogP contribution in [0.5, 0.6) is 0 Å². The summed E-state index contributed by atoms with van der Waals surface area (Å²) in [7, 11) is 1.29. The van der Waals surface area contributed by atoms with Crippen LogP contribution in [0, 0.1) is 0 Å². The standard InChI is InChI=1S/C16H15ClN2O3S/c1-3-8-19(10-12-5-7-14(17)23-12)15(20)13-6-4-11(9-18-13)16(21)22-2/h3-7,9H,1,8,10H2,2H3. The van der Waals surface area contributed by atoms with Crippen LogP contribution in [-0.4, -0.2) is 35.4 Å². The molecule has 0 aliphatic carbocycles. The lowest BCUT2D eigenvalue weighted by molar-refractivity contribution is 0.0599. The van der Waals surface area contributed by atoms with E-state index in [2.05, 4.69) is 16.3 Å². The highest BCUT2D eigenvalue weighted by molar-refractivity contribution is 7.16. The van der Waals surface area contributed by atoms with Crippen LogP contribution in [0.2, 0.25) is 4.34 Å². The molecule has 0 aromatic carbocycles. The fourth-order valence-corrected chi connectivity index (χ4v) is 3.02. The normalized spacial score (nSPS) is 10.2. The Hall–Kier alpha value is -2.18. The van der Waals surface area contributed by atoms with E-state index in [1.54, 1.807) is 17.0 Å². The van der Waals surface area contributed by atoms with Crippen LogP contribution in [0.25, 0.3) is 0 Å². The van der Waals surface area contributed by atoms with Gasteiger partial charge in [-0.3, -0.25) is 9.78 Å². The van der Waals surface area contributed by atoms with E-state index in [1.165, 1.54) is 36.8 Å². The number of thiophene rings is 1. The summed E-state index contributed by atoms with van der Waals surface area (Å²) in [5.41, 5.74) is 0.548. The summed E-state index contributed by atoms with van der Waals surface area (Å²) >= 11 is 7.34. The molecular formula is C16H15ClN2O3S. The van der Waals surface area contributed by atoms with Gasteiger partial charge in [-0.15, -0.1) is 17.9 Å². The van der Waals surface area contributed by atoms with Crippen molar-refractivity contribution in [3.05, 3.63) is 63.6 Å². The molecule has 0 radical (unpaired) electrons. The van der Waals surface area contributed by atoms with E-state index in [4.69, 9.17) is 11.6 Å². The maximum atomic E-state index is 12.6. The summed E-state index contributed by atoms with van der Waals surface area (Å²) in [6.07, 6.45) is 2.98. The van der Waals surface area contributed by atoms with Gasteiger partial charge < -0.3 is 9.64 Å². The first-order valence-electron chi connectivity index (χ1n) is 6.74. The molecule has 0 saturated heterocycles. The largest absolute Gasteiger partial charge is 0.465 e. The third-order valence-electron chi connectivity index (χ3n) is 3.02. The van der Waals surface area contributed by atoms with Crippen LogP contribution < -0.4 is 0 Å². The number of methoxy groups -OCH3 is 1. The molecule has 2 aromatic rings. The predicted octanol–water partition coefficient (Wildman–Crippen LogP) is 3.41.